The highest BCUT2D eigenvalue weighted by Crippen LogP contribution is 2.30. The maximum absolute atomic E-state index is 12.6. The van der Waals surface area contributed by atoms with E-state index >= 15 is 0 Å². The molecule has 1 aliphatic rings. The molecule has 1 N–H and O–H groups in total. The second kappa shape index (κ2) is 5.88. The number of anilines is 1. The van der Waals surface area contributed by atoms with E-state index in [1.807, 2.05) is 6.92 Å². The molecule has 19 heavy (non-hydrogen) atoms. The lowest BCUT2D eigenvalue weighted by Gasteiger charge is -2.34. The van der Waals surface area contributed by atoms with Gasteiger partial charge in [-0.25, -0.2) is 13.4 Å². The van der Waals surface area contributed by atoms with Gasteiger partial charge in [-0.15, -0.1) is 0 Å². The molecule has 0 saturated heterocycles. The number of aromatic nitrogens is 1. The minimum absolute atomic E-state index is 0.143. The SMILES string of the molecule is CCCNc1ncccc1S(=O)(=O)N(C)C1CCC1. The highest BCUT2D eigenvalue weighted by molar-refractivity contribution is 7.89. The van der Waals surface area contributed by atoms with Crippen LogP contribution in [-0.2, 0) is 10.0 Å². The molecule has 1 fully saturated rings. The van der Waals surface area contributed by atoms with E-state index in [1.165, 1.54) is 4.31 Å². The van der Waals surface area contributed by atoms with E-state index in [0.717, 1.165) is 25.7 Å². The van der Waals surface area contributed by atoms with Crippen LogP contribution in [0.4, 0.5) is 5.82 Å². The molecule has 1 saturated carbocycles. The Morgan fingerprint density at radius 1 is 1.47 bits per heavy atom. The summed E-state index contributed by atoms with van der Waals surface area (Å²) in [5.74, 6) is 0.454. The fourth-order valence-electron chi connectivity index (χ4n) is 2.08. The standard InChI is InChI=1S/C13H21N3O2S/c1-3-9-14-13-12(8-5-10-15-13)19(17,18)16(2)11-6-4-7-11/h5,8,10-11H,3-4,6-7,9H2,1-2H3,(H,14,15). The molecule has 0 atom stereocenters. The first-order valence-electron chi connectivity index (χ1n) is 6.74. The van der Waals surface area contributed by atoms with Crippen LogP contribution in [0, 0.1) is 0 Å². The highest BCUT2D eigenvalue weighted by Gasteiger charge is 2.33. The number of sulfonamides is 1. The highest BCUT2D eigenvalue weighted by atomic mass is 32.2. The molecular weight excluding hydrogens is 262 g/mol. The van der Waals surface area contributed by atoms with Crippen LogP contribution in [0.25, 0.3) is 0 Å². The van der Waals surface area contributed by atoms with Gasteiger partial charge in [0.2, 0.25) is 10.0 Å². The lowest BCUT2D eigenvalue weighted by molar-refractivity contribution is 0.249. The van der Waals surface area contributed by atoms with Crippen molar-refractivity contribution < 1.29 is 8.42 Å². The monoisotopic (exact) mass is 283 g/mol. The summed E-state index contributed by atoms with van der Waals surface area (Å²) < 4.78 is 26.7. The Morgan fingerprint density at radius 2 is 2.21 bits per heavy atom. The van der Waals surface area contributed by atoms with Gasteiger partial charge in [0.05, 0.1) is 0 Å². The molecular formula is C13H21N3O2S. The van der Waals surface area contributed by atoms with Crippen LogP contribution in [0.1, 0.15) is 32.6 Å². The fraction of sp³-hybridized carbons (Fsp3) is 0.615. The van der Waals surface area contributed by atoms with E-state index in [2.05, 4.69) is 10.3 Å². The van der Waals surface area contributed by atoms with Crippen LogP contribution in [0.2, 0.25) is 0 Å². The van der Waals surface area contributed by atoms with Crippen LogP contribution in [0.5, 0.6) is 0 Å². The first-order chi connectivity index (χ1) is 9.07. The average molecular weight is 283 g/mol. The van der Waals surface area contributed by atoms with Crippen molar-refractivity contribution in [3.63, 3.8) is 0 Å². The minimum Gasteiger partial charge on any atom is -0.369 e. The number of nitrogens with zero attached hydrogens (tertiary/aromatic N) is 2. The van der Waals surface area contributed by atoms with Gasteiger partial charge < -0.3 is 5.32 Å². The molecule has 6 heteroatoms. The van der Waals surface area contributed by atoms with Crippen LogP contribution in [0.15, 0.2) is 23.2 Å². The molecule has 0 amide bonds. The number of nitrogens with one attached hydrogen (secondary N) is 1. The van der Waals surface area contributed by atoms with Crippen molar-refractivity contribution in [1.29, 1.82) is 0 Å². The Balaban J connectivity index is 2.28. The third kappa shape index (κ3) is 2.90. The molecule has 2 rings (SSSR count). The van der Waals surface area contributed by atoms with Crippen molar-refractivity contribution >= 4 is 15.8 Å². The molecule has 1 aliphatic carbocycles. The van der Waals surface area contributed by atoms with E-state index < -0.39 is 10.0 Å². The van der Waals surface area contributed by atoms with E-state index in [9.17, 15) is 8.42 Å². The zero-order valence-electron chi connectivity index (χ0n) is 11.5. The predicted molar refractivity (Wildman–Crippen MR) is 75.6 cm³/mol. The Morgan fingerprint density at radius 3 is 2.79 bits per heavy atom. The Kier molecular flexibility index (Phi) is 4.42. The van der Waals surface area contributed by atoms with Crippen LogP contribution < -0.4 is 5.32 Å². The van der Waals surface area contributed by atoms with Crippen LogP contribution in [0.3, 0.4) is 0 Å². The van der Waals surface area contributed by atoms with E-state index in [-0.39, 0.29) is 10.9 Å². The quantitative estimate of drug-likeness (QED) is 0.868. The van der Waals surface area contributed by atoms with Crippen molar-refractivity contribution in [2.24, 2.45) is 0 Å². The first kappa shape index (κ1) is 14.3. The van der Waals surface area contributed by atoms with Crippen molar-refractivity contribution in [3.05, 3.63) is 18.3 Å². The smallest absolute Gasteiger partial charge is 0.246 e. The van der Waals surface area contributed by atoms with E-state index in [0.29, 0.717) is 12.4 Å². The topological polar surface area (TPSA) is 62.3 Å². The molecule has 0 aliphatic heterocycles. The maximum Gasteiger partial charge on any atom is 0.246 e. The van der Waals surface area contributed by atoms with Gasteiger partial charge in [-0.05, 0) is 31.4 Å². The number of hydrogen-bond donors (Lipinski definition) is 1. The zero-order chi connectivity index (χ0) is 13.9. The van der Waals surface area contributed by atoms with Crippen LogP contribution in [-0.4, -0.2) is 37.3 Å². The summed E-state index contributed by atoms with van der Waals surface area (Å²) in [6.45, 7) is 2.75. The Bertz CT molecular complexity index is 526. The third-order valence-electron chi connectivity index (χ3n) is 3.56. The molecule has 0 unspecified atom stereocenters. The average Bonchev–Trinajstić information content (AvgIpc) is 2.34. The number of rotatable bonds is 6. The summed E-state index contributed by atoms with van der Waals surface area (Å²) in [6.07, 6.45) is 5.55. The second-order valence-electron chi connectivity index (χ2n) is 4.88. The minimum atomic E-state index is -3.45. The van der Waals surface area contributed by atoms with Gasteiger partial charge in [0, 0.05) is 25.8 Å². The molecule has 1 heterocycles. The molecule has 106 valence electrons. The van der Waals surface area contributed by atoms with Crippen molar-refractivity contribution in [2.75, 3.05) is 18.9 Å². The molecule has 1 aromatic rings. The van der Waals surface area contributed by atoms with E-state index in [4.69, 9.17) is 0 Å². The van der Waals surface area contributed by atoms with Gasteiger partial charge >= 0.3 is 0 Å². The van der Waals surface area contributed by atoms with Gasteiger partial charge in [0.25, 0.3) is 0 Å². The molecule has 0 aromatic carbocycles. The maximum atomic E-state index is 12.6. The van der Waals surface area contributed by atoms with Gasteiger partial charge in [0.15, 0.2) is 0 Å². The van der Waals surface area contributed by atoms with E-state index in [1.54, 1.807) is 25.4 Å². The Labute approximate surface area is 115 Å². The van der Waals surface area contributed by atoms with Crippen molar-refractivity contribution in [2.45, 2.75) is 43.5 Å². The predicted octanol–water partition coefficient (Wildman–Crippen LogP) is 2.08. The van der Waals surface area contributed by atoms with Gasteiger partial charge in [-0.3, -0.25) is 0 Å². The molecule has 0 bridgehead atoms. The van der Waals surface area contributed by atoms with Gasteiger partial charge in [0.1, 0.15) is 10.7 Å². The third-order valence-corrected chi connectivity index (χ3v) is 5.50. The van der Waals surface area contributed by atoms with Crippen LogP contribution >= 0.6 is 0 Å². The van der Waals surface area contributed by atoms with Gasteiger partial charge in [-0.1, -0.05) is 13.3 Å². The zero-order valence-corrected chi connectivity index (χ0v) is 12.3. The summed E-state index contributed by atoms with van der Waals surface area (Å²) >= 11 is 0. The lowest BCUT2D eigenvalue weighted by atomic mass is 9.94. The largest absolute Gasteiger partial charge is 0.369 e. The molecule has 5 nitrogen and oxygen atoms in total. The second-order valence-corrected chi connectivity index (χ2v) is 6.85. The lowest BCUT2D eigenvalue weighted by Crippen LogP contribution is -2.41. The van der Waals surface area contributed by atoms with Crippen molar-refractivity contribution in [3.8, 4) is 0 Å². The normalized spacial score (nSPS) is 16.4. The summed E-state index contributed by atoms with van der Waals surface area (Å²) in [4.78, 5) is 4.43. The molecule has 0 spiro atoms. The first-order valence-corrected chi connectivity index (χ1v) is 8.18. The molecule has 0 radical (unpaired) electrons. The summed E-state index contributed by atoms with van der Waals surface area (Å²) in [7, 11) is -1.79. The Hall–Kier alpha value is -1.14. The number of pyridine rings is 1. The van der Waals surface area contributed by atoms with Gasteiger partial charge in [-0.2, -0.15) is 4.31 Å². The number of hydrogen-bond acceptors (Lipinski definition) is 4. The van der Waals surface area contributed by atoms with Crippen molar-refractivity contribution in [1.82, 2.24) is 9.29 Å². The fourth-order valence-corrected chi connectivity index (χ4v) is 3.61. The summed E-state index contributed by atoms with van der Waals surface area (Å²) in [5.41, 5.74) is 0. The summed E-state index contributed by atoms with van der Waals surface area (Å²) in [5, 5.41) is 3.08. The summed E-state index contributed by atoms with van der Waals surface area (Å²) in [6, 6.07) is 3.43. The molecule has 1 aromatic heterocycles.